The fourth-order valence-electron chi connectivity index (χ4n) is 4.37. The summed E-state index contributed by atoms with van der Waals surface area (Å²) in [6.07, 6.45) is 11.2. The number of nitrogens with one attached hydrogen (secondary N) is 1. The molecule has 0 spiro atoms. The summed E-state index contributed by atoms with van der Waals surface area (Å²) in [5.41, 5.74) is 0.648. The summed E-state index contributed by atoms with van der Waals surface area (Å²) < 4.78 is 0. The first-order chi connectivity index (χ1) is 9.73. The van der Waals surface area contributed by atoms with Gasteiger partial charge in [-0.15, -0.1) is 0 Å². The van der Waals surface area contributed by atoms with Gasteiger partial charge in [0.15, 0.2) is 0 Å². The Labute approximate surface area is 126 Å². The highest BCUT2D eigenvalue weighted by atomic mass is 15.2. The summed E-state index contributed by atoms with van der Waals surface area (Å²) in [6, 6.07) is 0.819. The second-order valence-corrected chi connectivity index (χ2v) is 7.27. The van der Waals surface area contributed by atoms with E-state index in [1.807, 2.05) is 0 Å². The number of likely N-dealkylation sites (tertiary alicyclic amines) is 1. The van der Waals surface area contributed by atoms with E-state index < -0.39 is 0 Å². The Hall–Kier alpha value is -0.0800. The molecule has 2 aliphatic rings. The Bertz CT molecular complexity index is 273. The maximum Gasteiger partial charge on any atom is 0.00958 e. The van der Waals surface area contributed by atoms with Gasteiger partial charge in [0.05, 0.1) is 0 Å². The van der Waals surface area contributed by atoms with E-state index in [1.54, 1.807) is 0 Å². The van der Waals surface area contributed by atoms with Crippen LogP contribution < -0.4 is 5.32 Å². The minimum atomic E-state index is 0.648. The van der Waals surface area contributed by atoms with E-state index in [4.69, 9.17) is 0 Å². The molecule has 0 aromatic rings. The van der Waals surface area contributed by atoms with Gasteiger partial charge in [-0.05, 0) is 75.9 Å². The van der Waals surface area contributed by atoms with Crippen LogP contribution in [0.25, 0.3) is 0 Å². The third kappa shape index (κ3) is 3.98. The lowest BCUT2D eigenvalue weighted by Crippen LogP contribution is -2.35. The molecule has 0 amide bonds. The van der Waals surface area contributed by atoms with E-state index in [9.17, 15) is 0 Å². The number of nitrogens with zero attached hydrogens (tertiary/aromatic N) is 1. The predicted molar refractivity (Wildman–Crippen MR) is 88.1 cm³/mol. The van der Waals surface area contributed by atoms with Gasteiger partial charge in [0.2, 0.25) is 0 Å². The fraction of sp³-hybridized carbons (Fsp3) is 1.00. The Morgan fingerprint density at radius 2 is 1.95 bits per heavy atom. The Balaban J connectivity index is 1.72. The van der Waals surface area contributed by atoms with Crippen LogP contribution in [0.2, 0.25) is 0 Å². The lowest BCUT2D eigenvalue weighted by atomic mass is 9.82. The van der Waals surface area contributed by atoms with Crippen LogP contribution in [-0.4, -0.2) is 37.1 Å². The third-order valence-electron chi connectivity index (χ3n) is 6.15. The molecule has 1 aliphatic heterocycles. The van der Waals surface area contributed by atoms with Crippen LogP contribution in [0.4, 0.5) is 0 Å². The minimum absolute atomic E-state index is 0.648. The molecular formula is C18H36N2. The van der Waals surface area contributed by atoms with Gasteiger partial charge in [0.25, 0.3) is 0 Å². The maximum absolute atomic E-state index is 3.78. The topological polar surface area (TPSA) is 15.3 Å². The molecule has 2 nitrogen and oxygen atoms in total. The van der Waals surface area contributed by atoms with Crippen molar-refractivity contribution in [1.29, 1.82) is 0 Å². The molecule has 0 aromatic heterocycles. The molecule has 0 aromatic carbocycles. The van der Waals surface area contributed by atoms with Crippen LogP contribution in [0.1, 0.15) is 72.1 Å². The van der Waals surface area contributed by atoms with Crippen molar-refractivity contribution >= 4 is 0 Å². The van der Waals surface area contributed by atoms with Crippen LogP contribution in [0.5, 0.6) is 0 Å². The zero-order chi connectivity index (χ0) is 14.4. The van der Waals surface area contributed by atoms with Gasteiger partial charge in [0, 0.05) is 12.6 Å². The molecule has 0 radical (unpaired) electrons. The van der Waals surface area contributed by atoms with Gasteiger partial charge in [-0.3, -0.25) is 0 Å². The highest BCUT2D eigenvalue weighted by Gasteiger charge is 2.35. The van der Waals surface area contributed by atoms with E-state index in [0.29, 0.717) is 5.41 Å². The van der Waals surface area contributed by atoms with E-state index >= 15 is 0 Å². The summed E-state index contributed by atoms with van der Waals surface area (Å²) in [4.78, 5) is 2.75. The highest BCUT2D eigenvalue weighted by Crippen LogP contribution is 2.37. The maximum atomic E-state index is 3.78. The second kappa shape index (κ2) is 7.79. The van der Waals surface area contributed by atoms with Crippen molar-refractivity contribution in [3.63, 3.8) is 0 Å². The molecule has 1 aliphatic carbocycles. The van der Waals surface area contributed by atoms with Crippen LogP contribution in [0.3, 0.4) is 0 Å². The van der Waals surface area contributed by atoms with Gasteiger partial charge in [-0.2, -0.15) is 0 Å². The molecule has 1 heterocycles. The minimum Gasteiger partial charge on any atom is -0.314 e. The highest BCUT2D eigenvalue weighted by molar-refractivity contribution is 4.89. The van der Waals surface area contributed by atoms with Gasteiger partial charge in [0.1, 0.15) is 0 Å². The molecule has 0 bridgehead atoms. The molecular weight excluding hydrogens is 244 g/mol. The van der Waals surface area contributed by atoms with E-state index in [1.165, 1.54) is 77.5 Å². The summed E-state index contributed by atoms with van der Waals surface area (Å²) >= 11 is 0. The Morgan fingerprint density at radius 3 is 2.60 bits per heavy atom. The largest absolute Gasteiger partial charge is 0.314 e. The van der Waals surface area contributed by atoms with Gasteiger partial charge in [-0.1, -0.05) is 27.2 Å². The normalized spacial score (nSPS) is 30.1. The molecule has 2 atom stereocenters. The van der Waals surface area contributed by atoms with Crippen LogP contribution in [0, 0.1) is 11.3 Å². The summed E-state index contributed by atoms with van der Waals surface area (Å²) in [7, 11) is 0. The van der Waals surface area contributed by atoms with Crippen molar-refractivity contribution in [1.82, 2.24) is 10.2 Å². The third-order valence-corrected chi connectivity index (χ3v) is 6.15. The first-order valence-corrected chi connectivity index (χ1v) is 9.18. The van der Waals surface area contributed by atoms with E-state index in [-0.39, 0.29) is 0 Å². The van der Waals surface area contributed by atoms with Gasteiger partial charge < -0.3 is 10.2 Å². The summed E-state index contributed by atoms with van der Waals surface area (Å²) in [6.45, 7) is 12.3. The van der Waals surface area contributed by atoms with Crippen molar-refractivity contribution in [3.8, 4) is 0 Å². The standard InChI is InChI=1S/C18H36N2/c1-4-12-19-17-9-7-8-16(17)10-13-20-14-11-18(5-2,6-3)15-20/h16-17,19H,4-15H2,1-3H3. The molecule has 20 heavy (non-hydrogen) atoms. The lowest BCUT2D eigenvalue weighted by Gasteiger charge is -2.28. The first kappa shape index (κ1) is 16.3. The van der Waals surface area contributed by atoms with Crippen LogP contribution >= 0.6 is 0 Å². The fourth-order valence-corrected chi connectivity index (χ4v) is 4.37. The molecule has 2 heteroatoms. The van der Waals surface area contributed by atoms with Crippen LogP contribution in [-0.2, 0) is 0 Å². The van der Waals surface area contributed by atoms with Gasteiger partial charge in [-0.25, -0.2) is 0 Å². The smallest absolute Gasteiger partial charge is 0.00958 e. The van der Waals surface area contributed by atoms with Crippen molar-refractivity contribution in [3.05, 3.63) is 0 Å². The predicted octanol–water partition coefficient (Wildman–Crippen LogP) is 4.06. The zero-order valence-electron chi connectivity index (χ0n) is 14.1. The average molecular weight is 280 g/mol. The zero-order valence-corrected chi connectivity index (χ0v) is 14.1. The number of rotatable bonds is 8. The Kier molecular flexibility index (Phi) is 6.35. The van der Waals surface area contributed by atoms with Gasteiger partial charge >= 0.3 is 0 Å². The molecule has 2 unspecified atom stereocenters. The summed E-state index contributed by atoms with van der Waals surface area (Å²) in [5, 5.41) is 3.78. The Morgan fingerprint density at radius 1 is 1.15 bits per heavy atom. The van der Waals surface area contributed by atoms with Crippen molar-refractivity contribution in [2.45, 2.75) is 78.2 Å². The van der Waals surface area contributed by atoms with Crippen molar-refractivity contribution in [2.75, 3.05) is 26.2 Å². The number of hydrogen-bond donors (Lipinski definition) is 1. The first-order valence-electron chi connectivity index (χ1n) is 9.18. The van der Waals surface area contributed by atoms with E-state index in [0.717, 1.165) is 12.0 Å². The average Bonchev–Trinajstić information content (AvgIpc) is 3.10. The molecule has 1 N–H and O–H groups in total. The van der Waals surface area contributed by atoms with Crippen molar-refractivity contribution in [2.24, 2.45) is 11.3 Å². The quantitative estimate of drug-likeness (QED) is 0.721. The molecule has 1 saturated carbocycles. The second-order valence-electron chi connectivity index (χ2n) is 7.27. The molecule has 118 valence electrons. The molecule has 2 fully saturated rings. The lowest BCUT2D eigenvalue weighted by molar-refractivity contribution is 0.225. The van der Waals surface area contributed by atoms with Crippen molar-refractivity contribution < 1.29 is 0 Å². The van der Waals surface area contributed by atoms with Crippen LogP contribution in [0.15, 0.2) is 0 Å². The summed E-state index contributed by atoms with van der Waals surface area (Å²) in [5.74, 6) is 0.944. The molecule has 2 rings (SSSR count). The SMILES string of the molecule is CCCNC1CCCC1CCN1CCC(CC)(CC)C1. The number of hydrogen-bond acceptors (Lipinski definition) is 2. The van der Waals surface area contributed by atoms with E-state index in [2.05, 4.69) is 31.0 Å². The molecule has 1 saturated heterocycles. The monoisotopic (exact) mass is 280 g/mol.